The summed E-state index contributed by atoms with van der Waals surface area (Å²) in [5.74, 6) is 1.16. The topological polar surface area (TPSA) is 71.2 Å². The highest BCUT2D eigenvalue weighted by atomic mass is 16.3. The Labute approximate surface area is 128 Å². The number of aliphatic hydroxyl groups is 1. The van der Waals surface area contributed by atoms with Crippen LogP contribution in [-0.4, -0.2) is 37.2 Å². The Hall–Kier alpha value is -2.21. The van der Waals surface area contributed by atoms with E-state index in [0.29, 0.717) is 18.9 Å². The van der Waals surface area contributed by atoms with E-state index in [4.69, 9.17) is 0 Å². The summed E-state index contributed by atoms with van der Waals surface area (Å²) in [6, 6.07) is 7.71. The molecular formula is C16H18N4O2. The van der Waals surface area contributed by atoms with Gasteiger partial charge in [-0.25, -0.2) is 0 Å². The lowest BCUT2D eigenvalue weighted by Gasteiger charge is -2.32. The zero-order valence-corrected chi connectivity index (χ0v) is 12.3. The van der Waals surface area contributed by atoms with Crippen molar-refractivity contribution in [1.82, 2.24) is 19.7 Å². The summed E-state index contributed by atoms with van der Waals surface area (Å²) in [4.78, 5) is 14.4. The maximum absolute atomic E-state index is 12.8. The molecule has 22 heavy (non-hydrogen) atoms. The third-order valence-corrected chi connectivity index (χ3v) is 4.51. The van der Waals surface area contributed by atoms with Crippen LogP contribution in [0, 0.1) is 0 Å². The van der Waals surface area contributed by atoms with Gasteiger partial charge in [0.2, 0.25) is 5.82 Å². The molecule has 0 radical (unpaired) electrons. The first-order chi connectivity index (χ1) is 10.7. The monoisotopic (exact) mass is 298 g/mol. The molecule has 1 atom stereocenters. The molecule has 1 N–H and O–H groups in total. The standard InChI is InChI=1S/C16H18N4O2/c21-13-10-19(9-11-5-1-2-6-12(11)13)16(22)15-18-17-14-7-3-4-8-20(14)15/h1-2,5-6,13,21H,3-4,7-10H2. The fourth-order valence-electron chi connectivity index (χ4n) is 3.34. The molecule has 3 heterocycles. The summed E-state index contributed by atoms with van der Waals surface area (Å²) in [5, 5.41) is 18.5. The lowest BCUT2D eigenvalue weighted by Crippen LogP contribution is -2.39. The second-order valence-electron chi connectivity index (χ2n) is 5.95. The highest BCUT2D eigenvalue weighted by Gasteiger charge is 2.30. The number of aliphatic hydroxyl groups excluding tert-OH is 1. The first kappa shape index (κ1) is 13.5. The van der Waals surface area contributed by atoms with Crippen LogP contribution in [0.1, 0.15) is 46.5 Å². The predicted octanol–water partition coefficient (Wildman–Crippen LogP) is 1.30. The predicted molar refractivity (Wildman–Crippen MR) is 79.1 cm³/mol. The van der Waals surface area contributed by atoms with E-state index in [1.807, 2.05) is 28.8 Å². The van der Waals surface area contributed by atoms with Crippen molar-refractivity contribution < 1.29 is 9.90 Å². The first-order valence-corrected chi connectivity index (χ1v) is 7.71. The number of amides is 1. The molecule has 0 fully saturated rings. The smallest absolute Gasteiger partial charge is 0.292 e. The zero-order chi connectivity index (χ0) is 15.1. The van der Waals surface area contributed by atoms with Crippen LogP contribution in [0.25, 0.3) is 0 Å². The first-order valence-electron chi connectivity index (χ1n) is 7.71. The van der Waals surface area contributed by atoms with Crippen molar-refractivity contribution in [3.8, 4) is 0 Å². The minimum atomic E-state index is -0.641. The molecule has 0 bridgehead atoms. The van der Waals surface area contributed by atoms with Gasteiger partial charge in [-0.2, -0.15) is 0 Å². The summed E-state index contributed by atoms with van der Waals surface area (Å²) in [5.41, 5.74) is 1.91. The van der Waals surface area contributed by atoms with Crippen molar-refractivity contribution in [2.75, 3.05) is 6.54 Å². The third-order valence-electron chi connectivity index (χ3n) is 4.51. The Morgan fingerprint density at radius 1 is 1.23 bits per heavy atom. The Bertz CT molecular complexity index is 725. The molecule has 0 aliphatic carbocycles. The molecular weight excluding hydrogens is 280 g/mol. The molecule has 4 rings (SSSR count). The second kappa shape index (κ2) is 5.21. The second-order valence-corrected chi connectivity index (χ2v) is 5.95. The molecule has 2 aliphatic rings. The van der Waals surface area contributed by atoms with Crippen LogP contribution in [0.2, 0.25) is 0 Å². The van der Waals surface area contributed by atoms with Gasteiger partial charge in [-0.1, -0.05) is 24.3 Å². The van der Waals surface area contributed by atoms with Gasteiger partial charge in [-0.15, -0.1) is 10.2 Å². The quantitative estimate of drug-likeness (QED) is 0.861. The summed E-state index contributed by atoms with van der Waals surface area (Å²) in [7, 11) is 0. The van der Waals surface area contributed by atoms with E-state index in [2.05, 4.69) is 10.2 Å². The number of fused-ring (bicyclic) bond motifs is 2. The number of nitrogens with zero attached hydrogens (tertiary/aromatic N) is 4. The SMILES string of the molecule is O=C(c1nnc2n1CCCC2)N1Cc2ccccc2C(O)C1. The van der Waals surface area contributed by atoms with E-state index in [0.717, 1.165) is 42.8 Å². The minimum Gasteiger partial charge on any atom is -0.387 e. The van der Waals surface area contributed by atoms with Crippen molar-refractivity contribution in [3.05, 3.63) is 47.0 Å². The van der Waals surface area contributed by atoms with E-state index in [9.17, 15) is 9.90 Å². The maximum atomic E-state index is 12.8. The zero-order valence-electron chi connectivity index (χ0n) is 12.3. The number of hydrogen-bond acceptors (Lipinski definition) is 4. The number of carbonyl (C=O) groups is 1. The van der Waals surface area contributed by atoms with E-state index < -0.39 is 6.10 Å². The van der Waals surface area contributed by atoms with Crippen LogP contribution in [0.15, 0.2) is 24.3 Å². The lowest BCUT2D eigenvalue weighted by molar-refractivity contribution is 0.0533. The van der Waals surface area contributed by atoms with Gasteiger partial charge < -0.3 is 14.6 Å². The molecule has 1 amide bonds. The van der Waals surface area contributed by atoms with Crippen molar-refractivity contribution >= 4 is 5.91 Å². The Morgan fingerprint density at radius 3 is 3.00 bits per heavy atom. The average Bonchev–Trinajstić information content (AvgIpc) is 2.98. The largest absolute Gasteiger partial charge is 0.387 e. The summed E-state index contributed by atoms with van der Waals surface area (Å²) >= 11 is 0. The van der Waals surface area contributed by atoms with Crippen LogP contribution in [0.4, 0.5) is 0 Å². The molecule has 0 saturated heterocycles. The minimum absolute atomic E-state index is 0.144. The lowest BCUT2D eigenvalue weighted by atomic mass is 9.97. The summed E-state index contributed by atoms with van der Waals surface area (Å²) < 4.78 is 1.93. The molecule has 1 aromatic heterocycles. The van der Waals surface area contributed by atoms with Crippen molar-refractivity contribution in [2.45, 2.75) is 38.5 Å². The highest BCUT2D eigenvalue weighted by molar-refractivity contribution is 5.91. The van der Waals surface area contributed by atoms with Gasteiger partial charge in [0.15, 0.2) is 0 Å². The molecule has 6 nitrogen and oxygen atoms in total. The molecule has 6 heteroatoms. The van der Waals surface area contributed by atoms with Gasteiger partial charge in [0.05, 0.1) is 12.6 Å². The van der Waals surface area contributed by atoms with Gasteiger partial charge >= 0.3 is 0 Å². The molecule has 0 saturated carbocycles. The number of aryl methyl sites for hydroxylation is 1. The van der Waals surface area contributed by atoms with E-state index in [1.54, 1.807) is 4.90 Å². The Morgan fingerprint density at radius 2 is 2.09 bits per heavy atom. The van der Waals surface area contributed by atoms with Crippen LogP contribution < -0.4 is 0 Å². The number of benzene rings is 1. The fourth-order valence-corrected chi connectivity index (χ4v) is 3.34. The Kier molecular flexibility index (Phi) is 3.18. The summed E-state index contributed by atoms with van der Waals surface area (Å²) in [6.45, 7) is 1.61. The van der Waals surface area contributed by atoms with Gasteiger partial charge in [-0.3, -0.25) is 4.79 Å². The molecule has 114 valence electrons. The van der Waals surface area contributed by atoms with Crippen molar-refractivity contribution in [3.63, 3.8) is 0 Å². The molecule has 2 aliphatic heterocycles. The normalized spacial score (nSPS) is 20.4. The number of aromatic nitrogens is 3. The Balaban J connectivity index is 1.63. The third kappa shape index (κ3) is 2.11. The highest BCUT2D eigenvalue weighted by Crippen LogP contribution is 2.27. The van der Waals surface area contributed by atoms with Crippen LogP contribution in [-0.2, 0) is 19.5 Å². The van der Waals surface area contributed by atoms with Gasteiger partial charge in [-0.05, 0) is 24.0 Å². The average molecular weight is 298 g/mol. The van der Waals surface area contributed by atoms with Crippen molar-refractivity contribution in [2.24, 2.45) is 0 Å². The molecule has 2 aromatic rings. The van der Waals surface area contributed by atoms with E-state index >= 15 is 0 Å². The maximum Gasteiger partial charge on any atom is 0.292 e. The van der Waals surface area contributed by atoms with Crippen molar-refractivity contribution in [1.29, 1.82) is 0 Å². The van der Waals surface area contributed by atoms with E-state index in [1.165, 1.54) is 0 Å². The van der Waals surface area contributed by atoms with Crippen LogP contribution in [0.3, 0.4) is 0 Å². The van der Waals surface area contributed by atoms with E-state index in [-0.39, 0.29) is 5.91 Å². The van der Waals surface area contributed by atoms with Gasteiger partial charge in [0, 0.05) is 19.5 Å². The molecule has 1 unspecified atom stereocenters. The summed E-state index contributed by atoms with van der Waals surface area (Å²) in [6.07, 6.45) is 2.39. The van der Waals surface area contributed by atoms with Gasteiger partial charge in [0.25, 0.3) is 5.91 Å². The number of carbonyl (C=O) groups excluding carboxylic acids is 1. The van der Waals surface area contributed by atoms with Gasteiger partial charge in [0.1, 0.15) is 5.82 Å². The number of β-amino-alcohol motifs (C(OH)–C–C–N with tert-alkyl or cyclic N) is 1. The molecule has 1 aromatic carbocycles. The van der Waals surface area contributed by atoms with Crippen LogP contribution >= 0.6 is 0 Å². The number of hydrogen-bond donors (Lipinski definition) is 1. The van der Waals surface area contributed by atoms with Crippen LogP contribution in [0.5, 0.6) is 0 Å². The molecule has 0 spiro atoms. The number of rotatable bonds is 1. The fraction of sp³-hybridized carbons (Fsp3) is 0.438.